The topological polar surface area (TPSA) is 58.6 Å². The number of benzene rings is 1. The maximum atomic E-state index is 12.4. The van der Waals surface area contributed by atoms with E-state index in [0.29, 0.717) is 35.5 Å². The Balaban J connectivity index is 1.62. The second-order valence-corrected chi connectivity index (χ2v) is 6.63. The number of nitrogens with one attached hydrogen (secondary N) is 1. The Hall–Kier alpha value is -1.75. The van der Waals surface area contributed by atoms with E-state index in [2.05, 4.69) is 5.32 Å². The molecule has 1 heterocycles. The van der Waals surface area contributed by atoms with Crippen LogP contribution in [-0.4, -0.2) is 36.4 Å². The van der Waals surface area contributed by atoms with Gasteiger partial charge in [0.1, 0.15) is 5.75 Å². The van der Waals surface area contributed by atoms with Crippen molar-refractivity contribution in [2.24, 2.45) is 5.92 Å². The van der Waals surface area contributed by atoms with Crippen LogP contribution in [0.3, 0.4) is 0 Å². The van der Waals surface area contributed by atoms with E-state index in [4.69, 9.17) is 16.3 Å². The minimum Gasteiger partial charge on any atom is -0.495 e. The third-order valence-corrected chi connectivity index (χ3v) is 5.01. The molecular weight excluding hydrogens is 316 g/mol. The second-order valence-electron chi connectivity index (χ2n) is 6.22. The molecule has 23 heavy (non-hydrogen) atoms. The second kappa shape index (κ2) is 6.79. The lowest BCUT2D eigenvalue weighted by molar-refractivity contribution is -0.129. The Morgan fingerprint density at radius 2 is 2.09 bits per heavy atom. The number of carbonyl (C=O) groups is 2. The number of amides is 2. The average Bonchev–Trinajstić information content (AvgIpc) is 3.16. The molecule has 124 valence electrons. The highest BCUT2D eigenvalue weighted by Gasteiger charge is 2.38. The van der Waals surface area contributed by atoms with Crippen molar-refractivity contribution in [3.63, 3.8) is 0 Å². The van der Waals surface area contributed by atoms with Crippen molar-refractivity contribution in [1.82, 2.24) is 4.90 Å². The van der Waals surface area contributed by atoms with Crippen LogP contribution in [0, 0.1) is 5.92 Å². The molecule has 0 radical (unpaired) electrons. The lowest BCUT2D eigenvalue weighted by atomic mass is 10.1. The molecule has 1 aliphatic heterocycles. The fourth-order valence-electron chi connectivity index (χ4n) is 3.46. The van der Waals surface area contributed by atoms with E-state index in [-0.39, 0.29) is 17.7 Å². The van der Waals surface area contributed by atoms with Crippen molar-refractivity contribution in [2.75, 3.05) is 19.0 Å². The van der Waals surface area contributed by atoms with Gasteiger partial charge in [0.15, 0.2) is 0 Å². The van der Waals surface area contributed by atoms with Crippen LogP contribution in [0.25, 0.3) is 0 Å². The van der Waals surface area contributed by atoms with Crippen LogP contribution in [0.2, 0.25) is 5.02 Å². The van der Waals surface area contributed by atoms with Gasteiger partial charge in [0.05, 0.1) is 18.1 Å². The fraction of sp³-hybridized carbons (Fsp3) is 0.529. The number of halogens is 1. The van der Waals surface area contributed by atoms with E-state index in [1.165, 1.54) is 12.8 Å². The summed E-state index contributed by atoms with van der Waals surface area (Å²) in [6.45, 7) is 0.527. The number of carbonyl (C=O) groups excluding carboxylic acids is 2. The summed E-state index contributed by atoms with van der Waals surface area (Å²) >= 11 is 6.07. The van der Waals surface area contributed by atoms with Gasteiger partial charge in [-0.1, -0.05) is 24.4 Å². The highest BCUT2D eigenvalue weighted by atomic mass is 35.5. The van der Waals surface area contributed by atoms with E-state index in [0.717, 1.165) is 12.8 Å². The smallest absolute Gasteiger partial charge is 0.229 e. The predicted octanol–water partition coefficient (Wildman–Crippen LogP) is 3.08. The minimum absolute atomic E-state index is 0.102. The molecule has 6 heteroatoms. The molecule has 0 aromatic heterocycles. The number of methoxy groups -OCH3 is 1. The molecule has 0 spiro atoms. The van der Waals surface area contributed by atoms with E-state index < -0.39 is 0 Å². The molecule has 1 saturated heterocycles. The average molecular weight is 337 g/mol. The van der Waals surface area contributed by atoms with Gasteiger partial charge in [-0.2, -0.15) is 0 Å². The van der Waals surface area contributed by atoms with Crippen molar-refractivity contribution in [3.05, 3.63) is 23.2 Å². The first-order valence-electron chi connectivity index (χ1n) is 8.02. The van der Waals surface area contributed by atoms with E-state index in [9.17, 15) is 9.59 Å². The summed E-state index contributed by atoms with van der Waals surface area (Å²) in [4.78, 5) is 26.5. The largest absolute Gasteiger partial charge is 0.495 e. The number of hydrogen-bond donors (Lipinski definition) is 1. The van der Waals surface area contributed by atoms with Crippen molar-refractivity contribution in [1.29, 1.82) is 0 Å². The van der Waals surface area contributed by atoms with Crippen LogP contribution in [-0.2, 0) is 9.59 Å². The number of rotatable bonds is 4. The molecule has 5 nitrogen and oxygen atoms in total. The summed E-state index contributed by atoms with van der Waals surface area (Å²) in [7, 11) is 1.54. The molecule has 1 N–H and O–H groups in total. The molecule has 1 saturated carbocycles. The summed E-state index contributed by atoms with van der Waals surface area (Å²) in [6.07, 6.45) is 4.78. The van der Waals surface area contributed by atoms with Gasteiger partial charge in [0.2, 0.25) is 11.8 Å². The van der Waals surface area contributed by atoms with Gasteiger partial charge in [0, 0.05) is 24.7 Å². The minimum atomic E-state index is -0.288. The molecule has 1 aromatic rings. The van der Waals surface area contributed by atoms with E-state index in [1.54, 1.807) is 25.3 Å². The van der Waals surface area contributed by atoms with Crippen LogP contribution in [0.4, 0.5) is 5.69 Å². The molecule has 3 rings (SSSR count). The zero-order valence-corrected chi connectivity index (χ0v) is 13.9. The molecule has 1 aliphatic carbocycles. The van der Waals surface area contributed by atoms with Crippen LogP contribution in [0.5, 0.6) is 5.75 Å². The zero-order chi connectivity index (χ0) is 16.4. The SMILES string of the molecule is COc1ccc(NC(=O)[C@H]2CC(=O)N(C3CCCC3)C2)cc1Cl. The fourth-order valence-corrected chi connectivity index (χ4v) is 3.72. The van der Waals surface area contributed by atoms with Gasteiger partial charge in [-0.3, -0.25) is 9.59 Å². The highest BCUT2D eigenvalue weighted by Crippen LogP contribution is 2.31. The third-order valence-electron chi connectivity index (χ3n) is 4.71. The van der Waals surface area contributed by atoms with Crippen LogP contribution in [0.15, 0.2) is 18.2 Å². The molecule has 0 unspecified atom stereocenters. The number of hydrogen-bond acceptors (Lipinski definition) is 3. The van der Waals surface area contributed by atoms with Gasteiger partial charge in [-0.25, -0.2) is 0 Å². The van der Waals surface area contributed by atoms with Crippen molar-refractivity contribution < 1.29 is 14.3 Å². The van der Waals surface area contributed by atoms with Gasteiger partial charge < -0.3 is 15.0 Å². The maximum absolute atomic E-state index is 12.4. The molecular formula is C17H21ClN2O3. The molecule has 0 bridgehead atoms. The van der Waals surface area contributed by atoms with Crippen molar-refractivity contribution >= 4 is 29.1 Å². The quantitative estimate of drug-likeness (QED) is 0.919. The Labute approximate surface area is 140 Å². The summed E-state index contributed by atoms with van der Waals surface area (Å²) in [5.74, 6) is 0.252. The Morgan fingerprint density at radius 1 is 1.35 bits per heavy atom. The molecule has 2 amide bonds. The summed E-state index contributed by atoms with van der Waals surface area (Å²) < 4.78 is 5.09. The first kappa shape index (κ1) is 16.1. The monoisotopic (exact) mass is 336 g/mol. The Morgan fingerprint density at radius 3 is 2.74 bits per heavy atom. The standard InChI is InChI=1S/C17H21ClN2O3/c1-23-15-7-6-12(9-14(15)18)19-17(22)11-8-16(21)20(10-11)13-4-2-3-5-13/h6-7,9,11,13H,2-5,8,10H2,1H3,(H,19,22)/t11-/m0/s1. The van der Waals surface area contributed by atoms with Crippen LogP contribution < -0.4 is 10.1 Å². The Bertz CT molecular complexity index is 614. The lowest BCUT2D eigenvalue weighted by Gasteiger charge is -2.23. The highest BCUT2D eigenvalue weighted by molar-refractivity contribution is 6.32. The van der Waals surface area contributed by atoms with Crippen molar-refractivity contribution in [3.8, 4) is 5.75 Å². The van der Waals surface area contributed by atoms with E-state index in [1.807, 2.05) is 4.90 Å². The van der Waals surface area contributed by atoms with Gasteiger partial charge in [0.25, 0.3) is 0 Å². The third kappa shape index (κ3) is 3.44. The van der Waals surface area contributed by atoms with Gasteiger partial charge >= 0.3 is 0 Å². The number of likely N-dealkylation sites (tertiary alicyclic amines) is 1. The first-order chi connectivity index (χ1) is 11.1. The van der Waals surface area contributed by atoms with Crippen LogP contribution in [0.1, 0.15) is 32.1 Å². The van der Waals surface area contributed by atoms with Gasteiger partial charge in [-0.05, 0) is 31.0 Å². The predicted molar refractivity (Wildman–Crippen MR) is 88.7 cm³/mol. The molecule has 1 aromatic carbocycles. The Kier molecular flexibility index (Phi) is 4.76. The van der Waals surface area contributed by atoms with Crippen molar-refractivity contribution in [2.45, 2.75) is 38.1 Å². The van der Waals surface area contributed by atoms with Gasteiger partial charge in [-0.15, -0.1) is 0 Å². The summed E-state index contributed by atoms with van der Waals surface area (Å²) in [6, 6.07) is 5.44. The molecule has 2 fully saturated rings. The normalized spacial score (nSPS) is 21.7. The number of nitrogens with zero attached hydrogens (tertiary/aromatic N) is 1. The maximum Gasteiger partial charge on any atom is 0.229 e. The summed E-state index contributed by atoms with van der Waals surface area (Å²) in [5.41, 5.74) is 0.618. The zero-order valence-electron chi connectivity index (χ0n) is 13.2. The van der Waals surface area contributed by atoms with E-state index >= 15 is 0 Å². The molecule has 1 atom stereocenters. The first-order valence-corrected chi connectivity index (χ1v) is 8.40. The number of anilines is 1. The number of ether oxygens (including phenoxy) is 1. The summed E-state index contributed by atoms with van der Waals surface area (Å²) in [5, 5.41) is 3.29. The lowest BCUT2D eigenvalue weighted by Crippen LogP contribution is -2.35. The van der Waals surface area contributed by atoms with Crippen LogP contribution >= 0.6 is 11.6 Å². The molecule has 2 aliphatic rings.